The first-order valence-corrected chi connectivity index (χ1v) is 8.47. The molecule has 1 amide bonds. The van der Waals surface area contributed by atoms with Crippen LogP contribution in [0.25, 0.3) is 0 Å². The van der Waals surface area contributed by atoms with Crippen LogP contribution in [0.3, 0.4) is 0 Å². The first-order chi connectivity index (χ1) is 9.99. The van der Waals surface area contributed by atoms with Crippen molar-refractivity contribution < 1.29 is 9.53 Å². The number of ether oxygens (including phenoxy) is 1. The third-order valence-electron chi connectivity index (χ3n) is 3.79. The molecule has 6 heteroatoms. The Kier molecular flexibility index (Phi) is 4.62. The molecule has 0 aromatic carbocycles. The summed E-state index contributed by atoms with van der Waals surface area (Å²) in [4.78, 5) is 14.4. The van der Waals surface area contributed by atoms with Gasteiger partial charge in [0.25, 0.3) is 0 Å². The predicted octanol–water partition coefficient (Wildman–Crippen LogP) is 4.24. The lowest BCUT2D eigenvalue weighted by Gasteiger charge is -2.38. The zero-order chi connectivity index (χ0) is 16.7. The maximum Gasteiger partial charge on any atom is 0.410 e. The van der Waals surface area contributed by atoms with Crippen molar-refractivity contribution in [2.75, 3.05) is 6.54 Å². The van der Waals surface area contributed by atoms with Gasteiger partial charge in [0, 0.05) is 12.7 Å². The molecule has 0 spiro atoms. The van der Waals surface area contributed by atoms with E-state index in [2.05, 4.69) is 41.8 Å². The number of likely N-dealkylation sites (tertiary alicyclic amines) is 1. The fourth-order valence-electron chi connectivity index (χ4n) is 3.12. The van der Waals surface area contributed by atoms with Gasteiger partial charge in [-0.05, 0) is 48.5 Å². The molecule has 1 aliphatic heterocycles. The molecule has 1 aliphatic rings. The van der Waals surface area contributed by atoms with Crippen LogP contribution in [0.4, 0.5) is 4.79 Å². The molecule has 1 aromatic rings. The van der Waals surface area contributed by atoms with E-state index in [1.54, 1.807) is 6.20 Å². The minimum atomic E-state index is -0.480. The number of rotatable bonds is 1. The van der Waals surface area contributed by atoms with E-state index in [4.69, 9.17) is 4.74 Å². The van der Waals surface area contributed by atoms with Gasteiger partial charge in [-0.15, -0.1) is 0 Å². The van der Waals surface area contributed by atoms with Crippen LogP contribution in [0.2, 0.25) is 0 Å². The standard InChI is InChI=1S/C16H26BrN3O2/c1-15(2,3)13-12(20-10-11(17)9-18-20)7-8-19(13)14(21)22-16(4,5)6/h9-10,12-13H,7-8H2,1-6H3/t12-,13?/m1/s1. The third-order valence-corrected chi connectivity index (χ3v) is 4.20. The lowest BCUT2D eigenvalue weighted by atomic mass is 9.83. The molecule has 2 heterocycles. The van der Waals surface area contributed by atoms with Crippen LogP contribution in [0.15, 0.2) is 16.9 Å². The van der Waals surface area contributed by atoms with Crippen molar-refractivity contribution in [2.24, 2.45) is 5.41 Å². The minimum Gasteiger partial charge on any atom is -0.444 e. The number of halogens is 1. The van der Waals surface area contributed by atoms with Crippen LogP contribution in [0.5, 0.6) is 0 Å². The Morgan fingerprint density at radius 1 is 1.32 bits per heavy atom. The molecule has 22 heavy (non-hydrogen) atoms. The summed E-state index contributed by atoms with van der Waals surface area (Å²) in [5.74, 6) is 0. The number of hydrogen-bond acceptors (Lipinski definition) is 3. The van der Waals surface area contributed by atoms with Gasteiger partial charge >= 0.3 is 6.09 Å². The molecule has 5 nitrogen and oxygen atoms in total. The number of carbonyl (C=O) groups excluding carboxylic acids is 1. The Labute approximate surface area is 141 Å². The summed E-state index contributed by atoms with van der Waals surface area (Å²) < 4.78 is 8.50. The van der Waals surface area contributed by atoms with Crippen molar-refractivity contribution >= 4 is 22.0 Å². The van der Waals surface area contributed by atoms with Crippen LogP contribution >= 0.6 is 15.9 Å². The summed E-state index contributed by atoms with van der Waals surface area (Å²) in [7, 11) is 0. The normalized spacial score (nSPS) is 23.0. The molecular formula is C16H26BrN3O2. The molecule has 2 rings (SSSR count). The Morgan fingerprint density at radius 3 is 2.41 bits per heavy atom. The molecule has 0 N–H and O–H groups in total. The van der Waals surface area contributed by atoms with Crippen LogP contribution in [0, 0.1) is 5.41 Å². The van der Waals surface area contributed by atoms with Crippen molar-refractivity contribution in [3.8, 4) is 0 Å². The molecule has 124 valence electrons. The third kappa shape index (κ3) is 3.83. The van der Waals surface area contributed by atoms with Crippen LogP contribution < -0.4 is 0 Å². The van der Waals surface area contributed by atoms with Crippen molar-refractivity contribution in [3.63, 3.8) is 0 Å². The summed E-state index contributed by atoms with van der Waals surface area (Å²) in [5.41, 5.74) is -0.539. The van der Waals surface area contributed by atoms with Gasteiger partial charge in [0.05, 0.1) is 22.8 Å². The highest BCUT2D eigenvalue weighted by atomic mass is 79.9. The van der Waals surface area contributed by atoms with Gasteiger partial charge < -0.3 is 9.64 Å². The SMILES string of the molecule is CC(C)(C)OC(=O)N1CC[C@@H](n2cc(Br)cn2)C1C(C)(C)C. The van der Waals surface area contributed by atoms with Gasteiger partial charge in [-0.25, -0.2) is 4.79 Å². The Hall–Kier alpha value is -1.04. The zero-order valence-corrected chi connectivity index (χ0v) is 15.8. The Bertz CT molecular complexity index is 542. The number of amides is 1. The van der Waals surface area contributed by atoms with E-state index in [9.17, 15) is 4.79 Å². The fourth-order valence-corrected chi connectivity index (χ4v) is 3.42. The second-order valence-corrected chi connectivity index (χ2v) is 8.89. The number of hydrogen-bond donors (Lipinski definition) is 0. The van der Waals surface area contributed by atoms with Gasteiger partial charge in [-0.2, -0.15) is 5.10 Å². The average molecular weight is 372 g/mol. The Balaban J connectivity index is 2.27. The lowest BCUT2D eigenvalue weighted by Crippen LogP contribution is -2.48. The fraction of sp³-hybridized carbons (Fsp3) is 0.750. The van der Waals surface area contributed by atoms with Gasteiger partial charge in [0.2, 0.25) is 0 Å². The summed E-state index contributed by atoms with van der Waals surface area (Å²) >= 11 is 3.44. The molecule has 1 saturated heterocycles. The second kappa shape index (κ2) is 5.87. The summed E-state index contributed by atoms with van der Waals surface area (Å²) in [6, 6.07) is 0.216. The van der Waals surface area contributed by atoms with Crippen LogP contribution in [-0.4, -0.2) is 39.0 Å². The molecule has 1 aromatic heterocycles. The molecule has 0 aliphatic carbocycles. The van der Waals surface area contributed by atoms with E-state index >= 15 is 0 Å². The molecule has 2 atom stereocenters. The molecule has 0 radical (unpaired) electrons. The van der Waals surface area contributed by atoms with Crippen molar-refractivity contribution in [3.05, 3.63) is 16.9 Å². The van der Waals surface area contributed by atoms with E-state index in [0.29, 0.717) is 6.54 Å². The summed E-state index contributed by atoms with van der Waals surface area (Å²) in [6.45, 7) is 12.9. The molecule has 1 unspecified atom stereocenters. The summed E-state index contributed by atoms with van der Waals surface area (Å²) in [5, 5.41) is 4.42. The van der Waals surface area contributed by atoms with Crippen molar-refractivity contribution in [1.82, 2.24) is 14.7 Å². The highest BCUT2D eigenvalue weighted by Gasteiger charge is 2.46. The van der Waals surface area contributed by atoms with E-state index in [1.165, 1.54) is 0 Å². The average Bonchev–Trinajstić information content (AvgIpc) is 2.90. The van der Waals surface area contributed by atoms with Crippen molar-refractivity contribution in [2.45, 2.75) is 65.6 Å². The maximum atomic E-state index is 12.6. The van der Waals surface area contributed by atoms with Crippen LogP contribution in [-0.2, 0) is 4.74 Å². The highest BCUT2D eigenvalue weighted by Crippen LogP contribution is 2.40. The maximum absolute atomic E-state index is 12.6. The highest BCUT2D eigenvalue weighted by molar-refractivity contribution is 9.10. The molecule has 0 bridgehead atoms. The molecule has 1 fully saturated rings. The van der Waals surface area contributed by atoms with Crippen LogP contribution in [0.1, 0.15) is 54.0 Å². The second-order valence-electron chi connectivity index (χ2n) is 7.98. The lowest BCUT2D eigenvalue weighted by molar-refractivity contribution is 0.00791. The largest absolute Gasteiger partial charge is 0.444 e. The zero-order valence-electron chi connectivity index (χ0n) is 14.3. The van der Waals surface area contributed by atoms with Gasteiger partial charge in [0.15, 0.2) is 0 Å². The van der Waals surface area contributed by atoms with E-state index in [-0.39, 0.29) is 23.6 Å². The van der Waals surface area contributed by atoms with Gasteiger partial charge in [-0.1, -0.05) is 20.8 Å². The van der Waals surface area contributed by atoms with E-state index in [0.717, 1.165) is 10.9 Å². The number of carbonyl (C=O) groups is 1. The monoisotopic (exact) mass is 371 g/mol. The number of aromatic nitrogens is 2. The minimum absolute atomic E-state index is 0.0501. The van der Waals surface area contributed by atoms with Gasteiger partial charge in [0.1, 0.15) is 5.60 Å². The predicted molar refractivity (Wildman–Crippen MR) is 89.8 cm³/mol. The number of nitrogens with zero attached hydrogens (tertiary/aromatic N) is 3. The van der Waals surface area contributed by atoms with Gasteiger partial charge in [-0.3, -0.25) is 4.68 Å². The van der Waals surface area contributed by atoms with Crippen molar-refractivity contribution in [1.29, 1.82) is 0 Å². The quantitative estimate of drug-likeness (QED) is 0.741. The smallest absolute Gasteiger partial charge is 0.410 e. The van der Waals surface area contributed by atoms with E-state index in [1.807, 2.05) is 36.5 Å². The molecule has 0 saturated carbocycles. The first-order valence-electron chi connectivity index (χ1n) is 7.68. The summed E-state index contributed by atoms with van der Waals surface area (Å²) in [6.07, 6.45) is 4.41. The topological polar surface area (TPSA) is 47.4 Å². The first kappa shape index (κ1) is 17.3. The molecular weight excluding hydrogens is 346 g/mol. The Morgan fingerprint density at radius 2 is 1.95 bits per heavy atom. The van der Waals surface area contributed by atoms with E-state index < -0.39 is 5.60 Å².